The van der Waals surface area contributed by atoms with Gasteiger partial charge in [-0.15, -0.1) is 11.3 Å². The van der Waals surface area contributed by atoms with Crippen molar-refractivity contribution < 1.29 is 4.79 Å². The van der Waals surface area contributed by atoms with Crippen LogP contribution in [-0.4, -0.2) is 53.5 Å². The van der Waals surface area contributed by atoms with Gasteiger partial charge in [0.25, 0.3) is 0 Å². The van der Waals surface area contributed by atoms with E-state index in [4.69, 9.17) is 0 Å². The molecule has 0 aliphatic carbocycles. The first-order valence-corrected chi connectivity index (χ1v) is 10.9. The Hall–Kier alpha value is -2.67. The highest BCUT2D eigenvalue weighted by Crippen LogP contribution is 2.28. The fourth-order valence-electron chi connectivity index (χ4n) is 3.77. The molecule has 0 spiro atoms. The highest BCUT2D eigenvalue weighted by molar-refractivity contribution is 7.18. The normalized spacial score (nSPS) is 14.4. The lowest BCUT2D eigenvalue weighted by atomic mass is 10.1. The van der Waals surface area contributed by atoms with Crippen molar-refractivity contribution in [1.29, 1.82) is 0 Å². The van der Waals surface area contributed by atoms with Crippen LogP contribution in [0.5, 0.6) is 0 Å². The monoisotopic (exact) mass is 409 g/mol. The number of nitrogens with one attached hydrogen (secondary N) is 1. The van der Waals surface area contributed by atoms with Gasteiger partial charge >= 0.3 is 0 Å². The van der Waals surface area contributed by atoms with E-state index in [0.717, 1.165) is 48.6 Å². The van der Waals surface area contributed by atoms with Gasteiger partial charge in [0, 0.05) is 36.7 Å². The van der Waals surface area contributed by atoms with E-state index >= 15 is 0 Å². The Labute approximate surface area is 175 Å². The predicted molar refractivity (Wildman–Crippen MR) is 120 cm³/mol. The van der Waals surface area contributed by atoms with Crippen LogP contribution >= 0.6 is 11.3 Å². The number of nitrogens with zero attached hydrogens (tertiary/aromatic N) is 4. The standard InChI is InChI=1S/C22H27N5OS/c1-4-17-12-18-21(24-14-25-22(18)29-17)23-13-20(28)27-10-8-26(9-11-27)19-7-5-6-15(2)16(19)3/h5-7,12,14H,4,8-11,13H2,1-3H3,(H,23,24,25). The molecule has 3 heterocycles. The summed E-state index contributed by atoms with van der Waals surface area (Å²) in [6.45, 7) is 9.90. The lowest BCUT2D eigenvalue weighted by Crippen LogP contribution is -2.50. The number of rotatable bonds is 5. The van der Waals surface area contributed by atoms with Crippen molar-refractivity contribution in [3.63, 3.8) is 0 Å². The molecule has 0 bridgehead atoms. The molecule has 6 nitrogen and oxygen atoms in total. The number of piperazine rings is 1. The maximum atomic E-state index is 12.7. The van der Waals surface area contributed by atoms with Crippen molar-refractivity contribution in [1.82, 2.24) is 14.9 Å². The highest BCUT2D eigenvalue weighted by Gasteiger charge is 2.22. The largest absolute Gasteiger partial charge is 0.368 e. The van der Waals surface area contributed by atoms with Crippen LogP contribution in [0.4, 0.5) is 11.5 Å². The van der Waals surface area contributed by atoms with E-state index < -0.39 is 0 Å². The minimum absolute atomic E-state index is 0.114. The maximum absolute atomic E-state index is 12.7. The first kappa shape index (κ1) is 19.6. The summed E-state index contributed by atoms with van der Waals surface area (Å²) >= 11 is 1.68. The lowest BCUT2D eigenvalue weighted by molar-refractivity contribution is -0.129. The molecule has 0 atom stereocenters. The molecular formula is C22H27N5OS. The highest BCUT2D eigenvalue weighted by atomic mass is 32.1. The number of aromatic nitrogens is 2. The summed E-state index contributed by atoms with van der Waals surface area (Å²) in [5, 5.41) is 4.23. The number of hydrogen-bond donors (Lipinski definition) is 1. The van der Waals surface area contributed by atoms with Crippen LogP contribution in [0.3, 0.4) is 0 Å². The number of amides is 1. The quantitative estimate of drug-likeness (QED) is 0.697. The first-order chi connectivity index (χ1) is 14.1. The molecule has 1 amide bonds. The summed E-state index contributed by atoms with van der Waals surface area (Å²) in [5.74, 6) is 0.858. The summed E-state index contributed by atoms with van der Waals surface area (Å²) in [4.78, 5) is 28.0. The second kappa shape index (κ2) is 8.37. The van der Waals surface area contributed by atoms with E-state index in [1.807, 2.05) is 4.90 Å². The van der Waals surface area contributed by atoms with E-state index in [9.17, 15) is 4.79 Å². The summed E-state index contributed by atoms with van der Waals surface area (Å²) in [7, 11) is 0. The SMILES string of the molecule is CCc1cc2c(NCC(=O)N3CCN(c4cccc(C)c4C)CC3)ncnc2s1. The topological polar surface area (TPSA) is 61.4 Å². The van der Waals surface area contributed by atoms with Crippen LogP contribution in [0.1, 0.15) is 22.9 Å². The number of thiophene rings is 1. The fraction of sp³-hybridized carbons (Fsp3) is 0.409. The second-order valence-electron chi connectivity index (χ2n) is 7.45. The van der Waals surface area contributed by atoms with Crippen LogP contribution in [0.15, 0.2) is 30.6 Å². The third-order valence-electron chi connectivity index (χ3n) is 5.69. The maximum Gasteiger partial charge on any atom is 0.242 e. The molecule has 0 saturated carbocycles. The molecule has 4 rings (SSSR count). The first-order valence-electron chi connectivity index (χ1n) is 10.1. The van der Waals surface area contributed by atoms with Gasteiger partial charge < -0.3 is 15.1 Å². The molecular weight excluding hydrogens is 382 g/mol. The number of anilines is 2. The third kappa shape index (κ3) is 4.05. The van der Waals surface area contributed by atoms with E-state index in [2.05, 4.69) is 65.2 Å². The number of benzene rings is 1. The molecule has 1 aliphatic rings. The smallest absolute Gasteiger partial charge is 0.242 e. The molecule has 29 heavy (non-hydrogen) atoms. The van der Waals surface area contributed by atoms with Gasteiger partial charge in [-0.3, -0.25) is 4.79 Å². The van der Waals surface area contributed by atoms with Crippen molar-refractivity contribution in [3.05, 3.63) is 46.6 Å². The Kier molecular flexibility index (Phi) is 5.67. The van der Waals surface area contributed by atoms with Crippen molar-refractivity contribution in [3.8, 4) is 0 Å². The molecule has 7 heteroatoms. The zero-order valence-corrected chi connectivity index (χ0v) is 18.1. The summed E-state index contributed by atoms with van der Waals surface area (Å²) < 4.78 is 0. The minimum atomic E-state index is 0.114. The molecule has 1 aromatic carbocycles. The number of carbonyl (C=O) groups is 1. The van der Waals surface area contributed by atoms with Gasteiger partial charge in [-0.25, -0.2) is 9.97 Å². The van der Waals surface area contributed by atoms with Gasteiger partial charge in [-0.1, -0.05) is 19.1 Å². The van der Waals surface area contributed by atoms with Gasteiger partial charge in [0.05, 0.1) is 11.9 Å². The number of hydrogen-bond acceptors (Lipinski definition) is 6. The number of aryl methyl sites for hydroxylation is 2. The van der Waals surface area contributed by atoms with E-state index in [1.165, 1.54) is 21.7 Å². The van der Waals surface area contributed by atoms with E-state index in [1.54, 1.807) is 17.7 Å². The Bertz CT molecular complexity index is 1020. The van der Waals surface area contributed by atoms with Crippen LogP contribution < -0.4 is 10.2 Å². The van der Waals surface area contributed by atoms with Crippen molar-refractivity contribution in [2.75, 3.05) is 42.9 Å². The van der Waals surface area contributed by atoms with Crippen molar-refractivity contribution >= 4 is 39.0 Å². The molecule has 2 aromatic heterocycles. The molecule has 152 valence electrons. The number of fused-ring (bicyclic) bond motifs is 1. The molecule has 1 saturated heterocycles. The van der Waals surface area contributed by atoms with Gasteiger partial charge in [0.15, 0.2) is 0 Å². The third-order valence-corrected chi connectivity index (χ3v) is 6.87. The average molecular weight is 410 g/mol. The van der Waals surface area contributed by atoms with Crippen LogP contribution in [0.2, 0.25) is 0 Å². The van der Waals surface area contributed by atoms with Crippen LogP contribution in [0.25, 0.3) is 10.2 Å². The fourth-order valence-corrected chi connectivity index (χ4v) is 4.70. The van der Waals surface area contributed by atoms with Crippen LogP contribution in [0, 0.1) is 13.8 Å². The summed E-state index contributed by atoms with van der Waals surface area (Å²) in [5.41, 5.74) is 3.91. The minimum Gasteiger partial charge on any atom is -0.368 e. The van der Waals surface area contributed by atoms with Crippen molar-refractivity contribution in [2.45, 2.75) is 27.2 Å². The zero-order chi connectivity index (χ0) is 20.4. The molecule has 0 radical (unpaired) electrons. The average Bonchev–Trinajstić information content (AvgIpc) is 3.18. The molecule has 1 N–H and O–H groups in total. The Morgan fingerprint density at radius 3 is 2.72 bits per heavy atom. The summed E-state index contributed by atoms with van der Waals surface area (Å²) in [6.07, 6.45) is 2.54. The van der Waals surface area contributed by atoms with Gasteiger partial charge in [-0.2, -0.15) is 0 Å². The number of carbonyl (C=O) groups excluding carboxylic acids is 1. The van der Waals surface area contributed by atoms with Gasteiger partial charge in [-0.05, 0) is 43.5 Å². The summed E-state index contributed by atoms with van der Waals surface area (Å²) in [6, 6.07) is 8.55. The van der Waals surface area contributed by atoms with Gasteiger partial charge in [0.1, 0.15) is 17.0 Å². The Morgan fingerprint density at radius 1 is 1.17 bits per heavy atom. The Morgan fingerprint density at radius 2 is 1.97 bits per heavy atom. The molecule has 1 aliphatic heterocycles. The van der Waals surface area contributed by atoms with Crippen LogP contribution in [-0.2, 0) is 11.2 Å². The molecule has 1 fully saturated rings. The lowest BCUT2D eigenvalue weighted by Gasteiger charge is -2.37. The Balaban J connectivity index is 1.36. The zero-order valence-electron chi connectivity index (χ0n) is 17.2. The second-order valence-corrected chi connectivity index (χ2v) is 8.56. The molecule has 0 unspecified atom stereocenters. The van der Waals surface area contributed by atoms with E-state index in [0.29, 0.717) is 0 Å². The molecule has 3 aromatic rings. The predicted octanol–water partition coefficient (Wildman–Crippen LogP) is 3.63. The van der Waals surface area contributed by atoms with E-state index in [-0.39, 0.29) is 12.5 Å². The van der Waals surface area contributed by atoms with Gasteiger partial charge in [0.2, 0.25) is 5.91 Å². The van der Waals surface area contributed by atoms with Crippen molar-refractivity contribution in [2.24, 2.45) is 0 Å².